The van der Waals surface area contributed by atoms with Crippen LogP contribution in [0.3, 0.4) is 0 Å². The van der Waals surface area contributed by atoms with Gasteiger partial charge in [0.1, 0.15) is 10.9 Å². The molecule has 0 radical (unpaired) electrons. The molecule has 8 nitrogen and oxygen atoms in total. The molecule has 2 aromatic rings. The lowest BCUT2D eigenvalue weighted by molar-refractivity contribution is 0.0699. The van der Waals surface area contributed by atoms with Gasteiger partial charge in [-0.05, 0) is 72.2 Å². The summed E-state index contributed by atoms with van der Waals surface area (Å²) >= 11 is 6.47. The van der Waals surface area contributed by atoms with Crippen molar-refractivity contribution in [2.45, 2.75) is 56.7 Å². The second-order valence-electron chi connectivity index (χ2n) is 10.4. The number of aromatic nitrogens is 2. The van der Waals surface area contributed by atoms with Crippen molar-refractivity contribution < 1.29 is 18.4 Å². The molecule has 2 aliphatic heterocycles. The average molecular weight is 552 g/mol. The first-order valence-corrected chi connectivity index (χ1v) is 15.5. The Labute approximate surface area is 222 Å². The number of pyridine rings is 2. The maximum Gasteiger partial charge on any atom is 0.165 e. The fourth-order valence-corrected chi connectivity index (χ4v) is 7.03. The normalized spacial score (nSPS) is 28.5. The molecule has 1 aliphatic carbocycles. The van der Waals surface area contributed by atoms with E-state index in [9.17, 15) is 13.7 Å². The van der Waals surface area contributed by atoms with Crippen molar-refractivity contribution in [3.8, 4) is 11.3 Å². The lowest BCUT2D eigenvalue weighted by Crippen LogP contribution is -2.57. The SMILES string of the molecule is CS1(=O)=C(O)[C@H](N[C@H]2CC[C@H](Nc3cc(-c4ccc(F)c(NCC5CCOCC5)n4)c(Cl)cn3)CC2)C1. The van der Waals surface area contributed by atoms with Crippen molar-refractivity contribution in [1.29, 1.82) is 0 Å². The van der Waals surface area contributed by atoms with Gasteiger partial charge < -0.3 is 25.8 Å². The predicted molar refractivity (Wildman–Crippen MR) is 148 cm³/mol. The van der Waals surface area contributed by atoms with Crippen LogP contribution in [0.5, 0.6) is 0 Å². The minimum atomic E-state index is -2.16. The van der Waals surface area contributed by atoms with E-state index in [1.807, 2.05) is 6.07 Å². The van der Waals surface area contributed by atoms with Gasteiger partial charge in [-0.15, -0.1) is 0 Å². The van der Waals surface area contributed by atoms with Gasteiger partial charge in [0.15, 0.2) is 11.6 Å². The van der Waals surface area contributed by atoms with Crippen LogP contribution >= 0.6 is 11.6 Å². The third kappa shape index (κ3) is 6.37. The highest BCUT2D eigenvalue weighted by molar-refractivity contribution is 8.03. The molecule has 5 rings (SSSR count). The number of nitrogens with one attached hydrogen (secondary N) is 3. The van der Waals surface area contributed by atoms with E-state index in [1.165, 1.54) is 6.07 Å². The molecule has 1 saturated carbocycles. The molecule has 37 heavy (non-hydrogen) atoms. The maximum atomic E-state index is 14.5. The van der Waals surface area contributed by atoms with Gasteiger partial charge >= 0.3 is 0 Å². The zero-order valence-electron chi connectivity index (χ0n) is 21.0. The molecule has 11 heteroatoms. The zero-order valence-corrected chi connectivity index (χ0v) is 22.6. The third-order valence-electron chi connectivity index (χ3n) is 7.62. The molecule has 3 aliphatic rings. The second kappa shape index (κ2) is 11.4. The molecule has 0 amide bonds. The number of rotatable bonds is 8. The monoisotopic (exact) mass is 551 g/mol. The first kappa shape index (κ1) is 26.6. The summed E-state index contributed by atoms with van der Waals surface area (Å²) in [4.78, 5) is 8.99. The molecule has 0 spiro atoms. The van der Waals surface area contributed by atoms with Crippen molar-refractivity contribution in [2.24, 2.45) is 5.92 Å². The van der Waals surface area contributed by atoms with Gasteiger partial charge in [0.05, 0.1) is 16.8 Å². The predicted octanol–water partition coefficient (Wildman–Crippen LogP) is 4.07. The van der Waals surface area contributed by atoms with E-state index in [4.69, 9.17) is 16.3 Å². The highest BCUT2D eigenvalue weighted by atomic mass is 35.5. The van der Waals surface area contributed by atoms with Crippen LogP contribution in [-0.4, -0.2) is 74.2 Å². The van der Waals surface area contributed by atoms with Gasteiger partial charge in [0.25, 0.3) is 0 Å². The van der Waals surface area contributed by atoms with Crippen LogP contribution in [0.15, 0.2) is 24.4 Å². The van der Waals surface area contributed by atoms with Gasteiger partial charge in [-0.3, -0.25) is 4.21 Å². The van der Waals surface area contributed by atoms with E-state index in [2.05, 4.69) is 25.9 Å². The number of ether oxygens (including phenoxy) is 1. The van der Waals surface area contributed by atoms with Crippen LogP contribution < -0.4 is 16.0 Å². The Morgan fingerprint density at radius 3 is 2.59 bits per heavy atom. The Hall–Kier alpha value is -1.98. The molecule has 2 atom stereocenters. The highest BCUT2D eigenvalue weighted by Gasteiger charge is 2.34. The van der Waals surface area contributed by atoms with Crippen molar-refractivity contribution in [2.75, 3.05) is 42.4 Å². The number of aliphatic hydroxyl groups excluding tert-OH is 1. The van der Waals surface area contributed by atoms with E-state index < -0.39 is 9.52 Å². The van der Waals surface area contributed by atoms with Crippen LogP contribution in [0.25, 0.3) is 11.3 Å². The largest absolute Gasteiger partial charge is 0.381 e. The van der Waals surface area contributed by atoms with Crippen LogP contribution in [0.4, 0.5) is 16.0 Å². The number of anilines is 2. The molecule has 0 aromatic carbocycles. The van der Waals surface area contributed by atoms with Crippen LogP contribution in [0.1, 0.15) is 38.5 Å². The molecule has 202 valence electrons. The summed E-state index contributed by atoms with van der Waals surface area (Å²) in [6, 6.07) is 5.33. The first-order chi connectivity index (χ1) is 17.8. The first-order valence-electron chi connectivity index (χ1n) is 13.0. The fraction of sp³-hybridized carbons (Fsp3) is 0.577. The molecule has 2 fully saturated rings. The van der Waals surface area contributed by atoms with Crippen molar-refractivity contribution in [3.05, 3.63) is 35.2 Å². The van der Waals surface area contributed by atoms with E-state index >= 15 is 0 Å². The third-order valence-corrected chi connectivity index (χ3v) is 10.1. The molecule has 4 heterocycles. The second-order valence-corrected chi connectivity index (χ2v) is 13.6. The molecular formula is C26H35ClFN5O3S. The lowest BCUT2D eigenvalue weighted by Gasteiger charge is -2.36. The summed E-state index contributed by atoms with van der Waals surface area (Å²) in [7, 11) is -2.16. The Morgan fingerprint density at radius 2 is 1.89 bits per heavy atom. The fourth-order valence-electron chi connectivity index (χ4n) is 5.32. The minimum absolute atomic E-state index is 0.113. The molecule has 4 N–H and O–H groups in total. The highest BCUT2D eigenvalue weighted by Crippen LogP contribution is 2.31. The number of aliphatic hydroxyl groups is 1. The molecule has 2 aromatic heterocycles. The number of hydrogen-bond donors (Lipinski definition) is 4. The Balaban J connectivity index is 1.19. The lowest BCUT2D eigenvalue weighted by atomic mass is 9.90. The molecule has 1 unspecified atom stereocenters. The van der Waals surface area contributed by atoms with E-state index in [0.29, 0.717) is 46.4 Å². The number of nitrogens with zero attached hydrogens (tertiary/aromatic N) is 2. The van der Waals surface area contributed by atoms with E-state index in [1.54, 1.807) is 18.5 Å². The topological polar surface area (TPSA) is 108 Å². The summed E-state index contributed by atoms with van der Waals surface area (Å²) < 4.78 is 31.9. The van der Waals surface area contributed by atoms with Gasteiger partial charge in [0.2, 0.25) is 0 Å². The quantitative estimate of drug-likeness (QED) is 0.364. The summed E-state index contributed by atoms with van der Waals surface area (Å²) in [6.45, 7) is 2.14. The standard InChI is InChI=1S/C26H35ClFN5O3S/c1-37(35)15-23(26(37)34)31-17-2-4-18(5-3-17)32-24-12-19(20(27)14-29-24)22-7-6-21(28)25(33-22)30-13-16-8-10-36-11-9-16/h6-7,12,14,16-18,23,31,34H,2-5,8-11,13,15H2,1H3,(H,29,32)(H,30,33)/t17-,18-,23-,37?/m1/s1. The van der Waals surface area contributed by atoms with Gasteiger partial charge in [-0.2, -0.15) is 0 Å². The summed E-state index contributed by atoms with van der Waals surface area (Å²) in [5, 5.41) is 20.7. The van der Waals surface area contributed by atoms with Crippen LogP contribution in [0, 0.1) is 11.7 Å². The summed E-state index contributed by atoms with van der Waals surface area (Å²) in [6.07, 6.45) is 8.93. The van der Waals surface area contributed by atoms with Crippen molar-refractivity contribution >= 4 is 37.8 Å². The number of halogens is 2. The van der Waals surface area contributed by atoms with E-state index in [-0.39, 0.29) is 28.8 Å². The van der Waals surface area contributed by atoms with Crippen LogP contribution in [-0.2, 0) is 14.3 Å². The molecular weight excluding hydrogens is 517 g/mol. The van der Waals surface area contributed by atoms with Crippen molar-refractivity contribution in [3.63, 3.8) is 0 Å². The van der Waals surface area contributed by atoms with Gasteiger partial charge in [0, 0.05) is 55.6 Å². The van der Waals surface area contributed by atoms with Crippen molar-refractivity contribution in [1.82, 2.24) is 15.3 Å². The average Bonchev–Trinajstić information content (AvgIpc) is 2.90. The molecule has 1 saturated heterocycles. The minimum Gasteiger partial charge on any atom is -0.381 e. The zero-order chi connectivity index (χ0) is 26.0. The van der Waals surface area contributed by atoms with Crippen LogP contribution in [0.2, 0.25) is 5.02 Å². The Bertz CT molecular complexity index is 1240. The van der Waals surface area contributed by atoms with E-state index in [0.717, 1.165) is 51.7 Å². The van der Waals surface area contributed by atoms with Gasteiger partial charge in [-0.25, -0.2) is 14.4 Å². The number of hydrogen-bond acceptors (Lipinski definition) is 7. The smallest absolute Gasteiger partial charge is 0.165 e. The van der Waals surface area contributed by atoms with Gasteiger partial charge in [-0.1, -0.05) is 11.6 Å². The summed E-state index contributed by atoms with van der Waals surface area (Å²) in [5.74, 6) is 1.49. The summed E-state index contributed by atoms with van der Waals surface area (Å²) in [5.41, 5.74) is 1.28. The Morgan fingerprint density at radius 1 is 1.16 bits per heavy atom. The Kier molecular flexibility index (Phi) is 8.21. The maximum absolute atomic E-state index is 14.5. The molecule has 0 bridgehead atoms.